The Morgan fingerprint density at radius 1 is 1.39 bits per heavy atom. The fourth-order valence-corrected chi connectivity index (χ4v) is 3.11. The second kappa shape index (κ2) is 8.04. The normalized spacial score (nSPS) is 16.6. The van der Waals surface area contributed by atoms with Crippen LogP contribution < -0.4 is 10.6 Å². The van der Waals surface area contributed by atoms with Crippen LogP contribution in [0.15, 0.2) is 12.3 Å². The van der Waals surface area contributed by atoms with Gasteiger partial charge in [0.05, 0.1) is 5.92 Å². The molecule has 1 aliphatic heterocycles. The average Bonchev–Trinajstić information content (AvgIpc) is 2.67. The summed E-state index contributed by atoms with van der Waals surface area (Å²) in [6.45, 7) is 4.46. The Kier molecular flexibility index (Phi) is 5.54. The summed E-state index contributed by atoms with van der Waals surface area (Å²) in [6, 6.07) is 3.66. The van der Waals surface area contributed by atoms with Crippen molar-refractivity contribution in [1.82, 2.24) is 19.9 Å². The summed E-state index contributed by atoms with van der Waals surface area (Å²) in [6.07, 6.45) is 1.74. The van der Waals surface area contributed by atoms with Crippen LogP contribution in [0.1, 0.15) is 32.4 Å². The zero-order valence-electron chi connectivity index (χ0n) is 15.6. The van der Waals surface area contributed by atoms with Gasteiger partial charge < -0.3 is 15.3 Å². The van der Waals surface area contributed by atoms with Gasteiger partial charge >= 0.3 is 6.09 Å². The molecule has 0 spiro atoms. The number of carboxylic acid groups (broad SMARTS) is 1. The molecule has 10 nitrogen and oxygen atoms in total. The zero-order chi connectivity index (χ0) is 20.3. The minimum Gasteiger partial charge on any atom is -0.465 e. The molecule has 0 saturated carbocycles. The first kappa shape index (κ1) is 19.3. The van der Waals surface area contributed by atoms with Gasteiger partial charge in [-0.2, -0.15) is 5.26 Å². The molecule has 1 saturated heterocycles. The van der Waals surface area contributed by atoms with Crippen molar-refractivity contribution in [2.24, 2.45) is 5.92 Å². The molecule has 1 atom stereocenters. The van der Waals surface area contributed by atoms with Gasteiger partial charge in [-0.1, -0.05) is 0 Å². The fourth-order valence-electron chi connectivity index (χ4n) is 3.11. The van der Waals surface area contributed by atoms with Crippen LogP contribution in [0.5, 0.6) is 0 Å². The molecule has 3 N–H and O–H groups in total. The van der Waals surface area contributed by atoms with E-state index in [0.29, 0.717) is 36.1 Å². The van der Waals surface area contributed by atoms with Crippen molar-refractivity contribution < 1.29 is 14.7 Å². The minimum atomic E-state index is -1.02. The van der Waals surface area contributed by atoms with Crippen LogP contribution in [0.2, 0.25) is 0 Å². The molecule has 10 heteroatoms. The van der Waals surface area contributed by atoms with Crippen LogP contribution in [0.25, 0.3) is 10.9 Å². The van der Waals surface area contributed by atoms with E-state index in [9.17, 15) is 9.59 Å². The molecular weight excluding hydrogens is 362 g/mol. The predicted molar refractivity (Wildman–Crippen MR) is 102 cm³/mol. The van der Waals surface area contributed by atoms with E-state index < -0.39 is 12.0 Å². The van der Waals surface area contributed by atoms with Crippen LogP contribution in [0.4, 0.5) is 16.6 Å². The van der Waals surface area contributed by atoms with Gasteiger partial charge in [-0.3, -0.25) is 10.1 Å². The first-order chi connectivity index (χ1) is 13.4. The summed E-state index contributed by atoms with van der Waals surface area (Å²) in [4.78, 5) is 37.7. The summed E-state index contributed by atoms with van der Waals surface area (Å²) in [5.41, 5.74) is 0.737. The first-order valence-corrected chi connectivity index (χ1v) is 9.00. The summed E-state index contributed by atoms with van der Waals surface area (Å²) < 4.78 is 0. The van der Waals surface area contributed by atoms with Crippen LogP contribution in [-0.2, 0) is 4.79 Å². The van der Waals surface area contributed by atoms with Crippen LogP contribution in [0, 0.1) is 17.2 Å². The van der Waals surface area contributed by atoms with Crippen molar-refractivity contribution in [1.29, 1.82) is 5.26 Å². The summed E-state index contributed by atoms with van der Waals surface area (Å²) >= 11 is 0. The Balaban J connectivity index is 1.84. The Morgan fingerprint density at radius 3 is 2.86 bits per heavy atom. The molecule has 0 aliphatic carbocycles. The number of nitrogens with zero attached hydrogens (tertiary/aromatic N) is 5. The number of hydrogen-bond donors (Lipinski definition) is 3. The second-order valence-corrected chi connectivity index (χ2v) is 6.96. The lowest BCUT2D eigenvalue weighted by Crippen LogP contribution is -2.43. The van der Waals surface area contributed by atoms with Gasteiger partial charge in [-0.25, -0.2) is 19.7 Å². The van der Waals surface area contributed by atoms with E-state index in [0.717, 1.165) is 0 Å². The fraction of sp³-hybridized carbons (Fsp3) is 0.444. The van der Waals surface area contributed by atoms with Crippen molar-refractivity contribution in [2.45, 2.75) is 32.7 Å². The van der Waals surface area contributed by atoms with Crippen molar-refractivity contribution in [2.75, 3.05) is 23.7 Å². The van der Waals surface area contributed by atoms with Gasteiger partial charge in [-0.15, -0.1) is 0 Å². The number of anilines is 2. The molecular formula is C18H21N7O3. The highest BCUT2D eigenvalue weighted by Crippen LogP contribution is 2.23. The van der Waals surface area contributed by atoms with Crippen molar-refractivity contribution in [3.05, 3.63) is 18.0 Å². The number of carbonyl (C=O) groups excluding carboxylic acids is 1. The molecule has 3 rings (SSSR count). The van der Waals surface area contributed by atoms with Gasteiger partial charge in [0.2, 0.25) is 11.9 Å². The number of fused-ring (bicyclic) bond motifs is 1. The molecule has 28 heavy (non-hydrogen) atoms. The van der Waals surface area contributed by atoms with Gasteiger partial charge in [0.25, 0.3) is 0 Å². The molecule has 1 aliphatic rings. The van der Waals surface area contributed by atoms with Gasteiger partial charge in [0.15, 0.2) is 5.82 Å². The van der Waals surface area contributed by atoms with E-state index in [-0.39, 0.29) is 30.1 Å². The van der Waals surface area contributed by atoms with E-state index in [2.05, 4.69) is 25.6 Å². The Morgan fingerprint density at radius 2 is 2.18 bits per heavy atom. The van der Waals surface area contributed by atoms with Crippen LogP contribution in [-0.4, -0.2) is 56.1 Å². The third kappa shape index (κ3) is 4.25. The molecule has 1 fully saturated rings. The number of pyridine rings is 1. The molecule has 0 radical (unpaired) electrons. The standard InChI is InChI=1S/C18H21N7O3/c1-10(2)21-15-14-12(6-13(7-19)22-15)8-20-17(23-14)24-16(26)11-4-3-5-25(9-11)18(27)28/h6,8,10-11H,3-5,9H2,1-2H3,(H,21,22)(H,27,28)(H,20,23,24,26)/t11-/m0/s1. The molecule has 0 unspecified atom stereocenters. The SMILES string of the molecule is CC(C)Nc1nc(C#N)cc2cnc(NC(=O)[C@H]3CCCN(C(=O)O)C3)nc12. The second-order valence-electron chi connectivity index (χ2n) is 6.96. The third-order valence-electron chi connectivity index (χ3n) is 4.40. The highest BCUT2D eigenvalue weighted by Gasteiger charge is 2.28. The smallest absolute Gasteiger partial charge is 0.407 e. The summed E-state index contributed by atoms with van der Waals surface area (Å²) in [5.74, 6) is -0.207. The number of rotatable bonds is 4. The maximum Gasteiger partial charge on any atom is 0.407 e. The van der Waals surface area contributed by atoms with Gasteiger partial charge in [0.1, 0.15) is 17.3 Å². The quantitative estimate of drug-likeness (QED) is 0.727. The molecule has 2 aromatic rings. The van der Waals surface area contributed by atoms with E-state index in [1.165, 1.54) is 11.1 Å². The van der Waals surface area contributed by atoms with E-state index in [1.54, 1.807) is 6.07 Å². The highest BCUT2D eigenvalue weighted by molar-refractivity contribution is 5.94. The molecule has 0 bridgehead atoms. The number of nitrogens with one attached hydrogen (secondary N) is 2. The van der Waals surface area contributed by atoms with Crippen LogP contribution in [0.3, 0.4) is 0 Å². The van der Waals surface area contributed by atoms with Crippen molar-refractivity contribution in [3.63, 3.8) is 0 Å². The van der Waals surface area contributed by atoms with Crippen molar-refractivity contribution >= 4 is 34.7 Å². The number of likely N-dealkylation sites (tertiary alicyclic amines) is 1. The number of piperidine rings is 1. The third-order valence-corrected chi connectivity index (χ3v) is 4.40. The lowest BCUT2D eigenvalue weighted by molar-refractivity contribution is -0.121. The molecule has 2 amide bonds. The Labute approximate surface area is 161 Å². The van der Waals surface area contributed by atoms with E-state index in [1.807, 2.05) is 19.9 Å². The monoisotopic (exact) mass is 383 g/mol. The average molecular weight is 383 g/mol. The minimum absolute atomic E-state index is 0.0712. The lowest BCUT2D eigenvalue weighted by Gasteiger charge is -2.29. The largest absolute Gasteiger partial charge is 0.465 e. The molecule has 146 valence electrons. The highest BCUT2D eigenvalue weighted by atomic mass is 16.4. The topological polar surface area (TPSA) is 144 Å². The number of nitriles is 1. The van der Waals surface area contributed by atoms with Crippen molar-refractivity contribution in [3.8, 4) is 6.07 Å². The number of aromatic nitrogens is 3. The maximum absolute atomic E-state index is 12.5. The number of amides is 2. The van der Waals surface area contributed by atoms with Crippen LogP contribution >= 0.6 is 0 Å². The number of hydrogen-bond acceptors (Lipinski definition) is 7. The summed E-state index contributed by atoms with van der Waals surface area (Å²) in [5, 5.41) is 24.7. The summed E-state index contributed by atoms with van der Waals surface area (Å²) in [7, 11) is 0. The zero-order valence-corrected chi connectivity index (χ0v) is 15.6. The molecule has 3 heterocycles. The van der Waals surface area contributed by atoms with E-state index >= 15 is 0 Å². The first-order valence-electron chi connectivity index (χ1n) is 9.00. The Bertz CT molecular complexity index is 954. The maximum atomic E-state index is 12.5. The molecule has 2 aromatic heterocycles. The Hall–Kier alpha value is -3.48. The van der Waals surface area contributed by atoms with E-state index in [4.69, 9.17) is 10.4 Å². The number of carbonyl (C=O) groups is 2. The van der Waals surface area contributed by atoms with Gasteiger partial charge in [-0.05, 0) is 32.8 Å². The predicted octanol–water partition coefficient (Wildman–Crippen LogP) is 2.05. The van der Waals surface area contributed by atoms with Gasteiger partial charge in [0, 0.05) is 30.7 Å². The lowest BCUT2D eigenvalue weighted by atomic mass is 9.97. The molecule has 0 aromatic carbocycles.